The van der Waals surface area contributed by atoms with E-state index in [4.69, 9.17) is 9.26 Å². The Labute approximate surface area is 107 Å². The first-order chi connectivity index (χ1) is 8.08. The molecule has 0 fully saturated rings. The van der Waals surface area contributed by atoms with Gasteiger partial charge in [0.15, 0.2) is 11.6 Å². The van der Waals surface area contributed by atoms with Crippen molar-refractivity contribution >= 4 is 15.9 Å². The largest absolute Gasteiger partial charge is 0.486 e. The van der Waals surface area contributed by atoms with Crippen LogP contribution >= 0.6 is 15.9 Å². The highest BCUT2D eigenvalue weighted by Gasteiger charge is 2.11. The van der Waals surface area contributed by atoms with E-state index < -0.39 is 0 Å². The molecule has 0 unspecified atom stereocenters. The van der Waals surface area contributed by atoms with Gasteiger partial charge in [-0.25, -0.2) is 4.39 Å². The summed E-state index contributed by atoms with van der Waals surface area (Å²) in [6.45, 7) is 3.87. The molecule has 0 saturated heterocycles. The maximum Gasteiger partial charge on any atom is 0.165 e. The molecule has 1 heterocycles. The van der Waals surface area contributed by atoms with Crippen molar-refractivity contribution in [2.75, 3.05) is 0 Å². The zero-order valence-corrected chi connectivity index (χ0v) is 11.0. The Hall–Kier alpha value is -1.36. The van der Waals surface area contributed by atoms with Crippen LogP contribution in [0.3, 0.4) is 0 Å². The maximum atomic E-state index is 13.4. The van der Waals surface area contributed by atoms with Gasteiger partial charge in [-0.3, -0.25) is 0 Å². The average Bonchev–Trinajstić information content (AvgIpc) is 2.61. The molecule has 5 heteroatoms. The van der Waals surface area contributed by atoms with Crippen LogP contribution in [0.1, 0.15) is 17.0 Å². The van der Waals surface area contributed by atoms with Gasteiger partial charge in [-0.1, -0.05) is 21.1 Å². The predicted octanol–water partition coefficient (Wildman–Crippen LogP) is 3.77. The van der Waals surface area contributed by atoms with Crippen molar-refractivity contribution in [3.05, 3.63) is 45.5 Å². The third kappa shape index (κ3) is 2.66. The van der Waals surface area contributed by atoms with Gasteiger partial charge in [0.25, 0.3) is 0 Å². The molecule has 2 rings (SSSR count). The molecule has 17 heavy (non-hydrogen) atoms. The monoisotopic (exact) mass is 299 g/mol. The summed E-state index contributed by atoms with van der Waals surface area (Å²) in [6, 6.07) is 4.57. The van der Waals surface area contributed by atoms with Crippen LogP contribution in [-0.4, -0.2) is 5.16 Å². The summed E-state index contributed by atoms with van der Waals surface area (Å²) in [6.07, 6.45) is 0. The average molecular weight is 300 g/mol. The molecule has 0 aliphatic carbocycles. The third-order valence-corrected chi connectivity index (χ3v) is 2.94. The van der Waals surface area contributed by atoms with Crippen LogP contribution in [0, 0.1) is 19.7 Å². The molecule has 2 aromatic rings. The highest BCUT2D eigenvalue weighted by molar-refractivity contribution is 9.10. The third-order valence-electron chi connectivity index (χ3n) is 2.45. The maximum absolute atomic E-state index is 13.4. The molecule has 0 atom stereocenters. The zero-order valence-electron chi connectivity index (χ0n) is 9.46. The number of ether oxygens (including phenoxy) is 1. The van der Waals surface area contributed by atoms with E-state index in [2.05, 4.69) is 21.1 Å². The second-order valence-corrected chi connectivity index (χ2v) is 4.58. The molecule has 0 amide bonds. The molecule has 0 aliphatic heterocycles. The first-order valence-corrected chi connectivity index (χ1v) is 5.87. The fraction of sp³-hybridized carbons (Fsp3) is 0.250. The molecule has 90 valence electrons. The highest BCUT2D eigenvalue weighted by Crippen LogP contribution is 2.24. The predicted molar refractivity (Wildman–Crippen MR) is 64.4 cm³/mol. The summed E-state index contributed by atoms with van der Waals surface area (Å²) in [5.74, 6) is 0.511. The smallest absolute Gasteiger partial charge is 0.165 e. The lowest BCUT2D eigenvalue weighted by molar-refractivity contribution is 0.286. The summed E-state index contributed by atoms with van der Waals surface area (Å²) in [7, 11) is 0. The zero-order chi connectivity index (χ0) is 12.4. The lowest BCUT2D eigenvalue weighted by Gasteiger charge is -2.07. The van der Waals surface area contributed by atoms with Crippen LogP contribution in [0.4, 0.5) is 4.39 Å². The molecule has 1 aromatic heterocycles. The molecule has 3 nitrogen and oxygen atoms in total. The number of rotatable bonds is 3. The van der Waals surface area contributed by atoms with Crippen molar-refractivity contribution in [3.63, 3.8) is 0 Å². The van der Waals surface area contributed by atoms with Crippen LogP contribution in [0.2, 0.25) is 0 Å². The van der Waals surface area contributed by atoms with Gasteiger partial charge >= 0.3 is 0 Å². The van der Waals surface area contributed by atoms with Gasteiger partial charge in [0.2, 0.25) is 0 Å². The Bertz CT molecular complexity index is 520. The van der Waals surface area contributed by atoms with Crippen molar-refractivity contribution in [1.29, 1.82) is 0 Å². The minimum absolute atomic E-state index is 0.208. The lowest BCUT2D eigenvalue weighted by atomic mass is 10.2. The van der Waals surface area contributed by atoms with Crippen LogP contribution in [-0.2, 0) is 6.61 Å². The van der Waals surface area contributed by atoms with Gasteiger partial charge in [-0.2, -0.15) is 0 Å². The molecule has 1 aromatic carbocycles. The Morgan fingerprint density at radius 1 is 1.41 bits per heavy atom. The minimum Gasteiger partial charge on any atom is -0.486 e. The molecule has 0 saturated carbocycles. The standard InChI is InChI=1S/C12H11BrFNO2/c1-7-10(8(2)17-15-7)6-16-12-5-9(13)3-4-11(12)14/h3-5H,6H2,1-2H3. The van der Waals surface area contributed by atoms with Gasteiger partial charge in [0, 0.05) is 4.47 Å². The Morgan fingerprint density at radius 3 is 2.82 bits per heavy atom. The van der Waals surface area contributed by atoms with Crippen LogP contribution in [0.5, 0.6) is 5.75 Å². The first kappa shape index (κ1) is 12.1. The van der Waals surface area contributed by atoms with Gasteiger partial charge in [0.05, 0.1) is 11.3 Å². The van der Waals surface area contributed by atoms with Crippen LogP contribution < -0.4 is 4.74 Å². The normalized spacial score (nSPS) is 10.6. The van der Waals surface area contributed by atoms with Crippen molar-refractivity contribution in [2.45, 2.75) is 20.5 Å². The molecule has 0 spiro atoms. The minimum atomic E-state index is -0.389. The number of halogens is 2. The summed E-state index contributed by atoms with van der Waals surface area (Å²) in [5, 5.41) is 3.81. The van der Waals surface area contributed by atoms with E-state index in [9.17, 15) is 4.39 Å². The van der Waals surface area contributed by atoms with E-state index in [1.165, 1.54) is 6.07 Å². The highest BCUT2D eigenvalue weighted by atomic mass is 79.9. The van der Waals surface area contributed by atoms with E-state index in [0.29, 0.717) is 5.76 Å². The van der Waals surface area contributed by atoms with E-state index in [0.717, 1.165) is 15.7 Å². The molecule has 0 aliphatic rings. The lowest BCUT2D eigenvalue weighted by Crippen LogP contribution is -1.99. The first-order valence-electron chi connectivity index (χ1n) is 5.07. The second kappa shape index (κ2) is 4.87. The van der Waals surface area contributed by atoms with E-state index in [-0.39, 0.29) is 18.2 Å². The van der Waals surface area contributed by atoms with Gasteiger partial charge in [-0.05, 0) is 32.0 Å². The SMILES string of the molecule is Cc1noc(C)c1COc1cc(Br)ccc1F. The fourth-order valence-corrected chi connectivity index (χ4v) is 1.79. The topological polar surface area (TPSA) is 35.3 Å². The molecular weight excluding hydrogens is 289 g/mol. The summed E-state index contributed by atoms with van der Waals surface area (Å²) in [4.78, 5) is 0. The fourth-order valence-electron chi connectivity index (χ4n) is 1.45. The number of nitrogens with zero attached hydrogens (tertiary/aromatic N) is 1. The number of benzene rings is 1. The van der Waals surface area contributed by atoms with Crippen molar-refractivity contribution in [3.8, 4) is 5.75 Å². The van der Waals surface area contributed by atoms with Crippen molar-refractivity contribution < 1.29 is 13.7 Å². The van der Waals surface area contributed by atoms with Crippen LogP contribution in [0.25, 0.3) is 0 Å². The van der Waals surface area contributed by atoms with E-state index >= 15 is 0 Å². The van der Waals surface area contributed by atoms with Gasteiger partial charge in [0.1, 0.15) is 12.4 Å². The number of aryl methyl sites for hydroxylation is 2. The van der Waals surface area contributed by atoms with E-state index in [1.807, 2.05) is 6.92 Å². The Kier molecular flexibility index (Phi) is 3.47. The summed E-state index contributed by atoms with van der Waals surface area (Å²) >= 11 is 3.27. The number of aromatic nitrogens is 1. The molecule has 0 bridgehead atoms. The summed E-state index contributed by atoms with van der Waals surface area (Å²) in [5.41, 5.74) is 1.61. The second-order valence-electron chi connectivity index (χ2n) is 3.67. The van der Waals surface area contributed by atoms with Crippen LogP contribution in [0.15, 0.2) is 27.2 Å². The van der Waals surface area contributed by atoms with Crippen molar-refractivity contribution in [2.24, 2.45) is 0 Å². The van der Waals surface area contributed by atoms with E-state index in [1.54, 1.807) is 19.1 Å². The Balaban J connectivity index is 2.15. The quantitative estimate of drug-likeness (QED) is 0.865. The van der Waals surface area contributed by atoms with Gasteiger partial charge in [-0.15, -0.1) is 0 Å². The van der Waals surface area contributed by atoms with Crippen molar-refractivity contribution in [1.82, 2.24) is 5.16 Å². The Morgan fingerprint density at radius 2 is 2.18 bits per heavy atom. The number of hydrogen-bond donors (Lipinski definition) is 0. The molecular formula is C12H11BrFNO2. The molecule has 0 N–H and O–H groups in total. The van der Waals surface area contributed by atoms with Gasteiger partial charge < -0.3 is 9.26 Å². The summed E-state index contributed by atoms with van der Waals surface area (Å²) < 4.78 is 24.6. The molecule has 0 radical (unpaired) electrons. The number of hydrogen-bond acceptors (Lipinski definition) is 3.